The predicted molar refractivity (Wildman–Crippen MR) is 99.7 cm³/mol. The monoisotopic (exact) mass is 326 g/mol. The molecule has 2 aromatic rings. The summed E-state index contributed by atoms with van der Waals surface area (Å²) in [4.78, 5) is 14.4. The molecule has 1 amide bonds. The van der Waals surface area contributed by atoms with E-state index in [2.05, 4.69) is 24.4 Å². The minimum absolute atomic E-state index is 0.0179. The molecule has 0 aromatic heterocycles. The van der Waals surface area contributed by atoms with Crippen LogP contribution < -0.4 is 10.2 Å². The van der Waals surface area contributed by atoms with Gasteiger partial charge in [0.05, 0.1) is 12.5 Å². The predicted octanol–water partition coefficient (Wildman–Crippen LogP) is 3.42. The summed E-state index contributed by atoms with van der Waals surface area (Å²) in [7, 11) is 1.92. The van der Waals surface area contributed by atoms with E-state index in [9.17, 15) is 4.79 Å². The third kappa shape index (κ3) is 4.59. The van der Waals surface area contributed by atoms with Crippen molar-refractivity contribution < 1.29 is 9.90 Å². The van der Waals surface area contributed by atoms with Crippen LogP contribution in [-0.2, 0) is 11.2 Å². The van der Waals surface area contributed by atoms with Gasteiger partial charge in [0.1, 0.15) is 0 Å². The Bertz CT molecular complexity index is 650. The number of likely N-dealkylation sites (N-methyl/N-ethyl adjacent to an activating group) is 1. The summed E-state index contributed by atoms with van der Waals surface area (Å²) in [6.07, 6.45) is 0.998. The highest BCUT2D eigenvalue weighted by molar-refractivity contribution is 5.95. The summed E-state index contributed by atoms with van der Waals surface area (Å²) < 4.78 is 0. The van der Waals surface area contributed by atoms with Crippen LogP contribution in [0.2, 0.25) is 0 Å². The van der Waals surface area contributed by atoms with E-state index in [0.29, 0.717) is 6.54 Å². The molecule has 128 valence electrons. The third-order valence-electron chi connectivity index (χ3n) is 4.29. The van der Waals surface area contributed by atoms with Crippen LogP contribution in [0.3, 0.4) is 0 Å². The standard InChI is InChI=1S/C20H26N2O2/c1-4-16-5-7-17(8-6-16)15(2)20(24)21-18-9-11-19(12-10-18)22(3)13-14-23/h5-12,15,23H,4,13-14H2,1-3H3,(H,21,24). The Kier molecular flexibility index (Phi) is 6.38. The molecule has 4 heteroatoms. The molecule has 24 heavy (non-hydrogen) atoms. The Balaban J connectivity index is 2.00. The molecule has 0 fully saturated rings. The van der Waals surface area contributed by atoms with Gasteiger partial charge in [-0.25, -0.2) is 0 Å². The Hall–Kier alpha value is -2.33. The topological polar surface area (TPSA) is 52.6 Å². The zero-order valence-electron chi connectivity index (χ0n) is 14.6. The van der Waals surface area contributed by atoms with Gasteiger partial charge in [0, 0.05) is 25.0 Å². The zero-order valence-corrected chi connectivity index (χ0v) is 14.6. The molecule has 0 saturated heterocycles. The number of amides is 1. The molecule has 1 atom stereocenters. The normalized spacial score (nSPS) is 11.8. The highest BCUT2D eigenvalue weighted by Crippen LogP contribution is 2.21. The SMILES string of the molecule is CCc1ccc(C(C)C(=O)Nc2ccc(N(C)CCO)cc2)cc1. The highest BCUT2D eigenvalue weighted by Gasteiger charge is 2.15. The van der Waals surface area contributed by atoms with Crippen molar-refractivity contribution in [2.75, 3.05) is 30.4 Å². The van der Waals surface area contributed by atoms with Crippen molar-refractivity contribution in [3.63, 3.8) is 0 Å². The molecule has 0 saturated carbocycles. The quantitative estimate of drug-likeness (QED) is 0.820. The van der Waals surface area contributed by atoms with Gasteiger partial charge in [-0.05, 0) is 48.7 Å². The Morgan fingerprint density at radius 1 is 1.12 bits per heavy atom. The van der Waals surface area contributed by atoms with Gasteiger partial charge >= 0.3 is 0 Å². The average molecular weight is 326 g/mol. The van der Waals surface area contributed by atoms with Crippen molar-refractivity contribution in [2.24, 2.45) is 0 Å². The maximum absolute atomic E-state index is 12.4. The van der Waals surface area contributed by atoms with E-state index in [1.165, 1.54) is 5.56 Å². The number of carbonyl (C=O) groups is 1. The average Bonchev–Trinajstić information content (AvgIpc) is 2.62. The van der Waals surface area contributed by atoms with Gasteiger partial charge in [0.2, 0.25) is 5.91 Å². The van der Waals surface area contributed by atoms with E-state index < -0.39 is 0 Å². The van der Waals surface area contributed by atoms with Gasteiger partial charge in [0.15, 0.2) is 0 Å². The first-order valence-corrected chi connectivity index (χ1v) is 8.37. The number of nitrogens with one attached hydrogen (secondary N) is 1. The van der Waals surface area contributed by atoms with Gasteiger partial charge in [-0.15, -0.1) is 0 Å². The molecule has 1 unspecified atom stereocenters. The minimum atomic E-state index is -0.201. The summed E-state index contributed by atoms with van der Waals surface area (Å²) >= 11 is 0. The summed E-state index contributed by atoms with van der Waals surface area (Å²) in [5.41, 5.74) is 4.07. The molecule has 2 N–H and O–H groups in total. The number of carbonyl (C=O) groups excluding carboxylic acids is 1. The number of hydrogen-bond donors (Lipinski definition) is 2. The fourth-order valence-corrected chi connectivity index (χ4v) is 2.52. The van der Waals surface area contributed by atoms with Gasteiger partial charge in [-0.3, -0.25) is 4.79 Å². The van der Waals surface area contributed by atoms with Crippen molar-refractivity contribution in [1.29, 1.82) is 0 Å². The first kappa shape index (κ1) is 18.0. The lowest BCUT2D eigenvalue weighted by atomic mass is 9.98. The number of benzene rings is 2. The molecule has 4 nitrogen and oxygen atoms in total. The van der Waals surface area contributed by atoms with E-state index >= 15 is 0 Å². The minimum Gasteiger partial charge on any atom is -0.395 e. The van der Waals surface area contributed by atoms with Gasteiger partial charge in [0.25, 0.3) is 0 Å². The van der Waals surface area contributed by atoms with Crippen LogP contribution >= 0.6 is 0 Å². The fourth-order valence-electron chi connectivity index (χ4n) is 2.52. The smallest absolute Gasteiger partial charge is 0.231 e. The number of aliphatic hydroxyl groups excluding tert-OH is 1. The van der Waals surface area contributed by atoms with Gasteiger partial charge < -0.3 is 15.3 Å². The van der Waals surface area contributed by atoms with Crippen molar-refractivity contribution in [2.45, 2.75) is 26.2 Å². The van der Waals surface area contributed by atoms with E-state index in [1.807, 2.05) is 55.3 Å². The van der Waals surface area contributed by atoms with E-state index in [-0.39, 0.29) is 18.4 Å². The van der Waals surface area contributed by atoms with E-state index in [4.69, 9.17) is 5.11 Å². The molecule has 0 aliphatic rings. The number of hydrogen-bond acceptors (Lipinski definition) is 3. The van der Waals surface area contributed by atoms with Crippen molar-refractivity contribution in [3.8, 4) is 0 Å². The second-order valence-corrected chi connectivity index (χ2v) is 6.00. The van der Waals surface area contributed by atoms with E-state index in [1.54, 1.807) is 0 Å². The zero-order chi connectivity index (χ0) is 17.5. The summed E-state index contributed by atoms with van der Waals surface area (Å²) in [5, 5.41) is 11.9. The molecular weight excluding hydrogens is 300 g/mol. The summed E-state index contributed by atoms with van der Waals surface area (Å²) in [5.74, 6) is -0.219. The second kappa shape index (κ2) is 8.50. The molecule has 2 rings (SSSR count). The largest absolute Gasteiger partial charge is 0.395 e. The lowest BCUT2D eigenvalue weighted by Gasteiger charge is -2.18. The van der Waals surface area contributed by atoms with Crippen molar-refractivity contribution in [1.82, 2.24) is 0 Å². The number of aliphatic hydroxyl groups is 1. The molecule has 2 aromatic carbocycles. The van der Waals surface area contributed by atoms with E-state index in [0.717, 1.165) is 23.4 Å². The molecule has 0 aliphatic heterocycles. The summed E-state index contributed by atoms with van der Waals surface area (Å²) in [6.45, 7) is 4.73. The molecule has 0 spiro atoms. The maximum Gasteiger partial charge on any atom is 0.231 e. The number of aryl methyl sites for hydroxylation is 1. The van der Waals surface area contributed by atoms with Crippen LogP contribution in [0.15, 0.2) is 48.5 Å². The first-order chi connectivity index (χ1) is 11.5. The van der Waals surface area contributed by atoms with Crippen molar-refractivity contribution in [3.05, 3.63) is 59.7 Å². The van der Waals surface area contributed by atoms with Crippen LogP contribution in [0, 0.1) is 0 Å². The fraction of sp³-hybridized carbons (Fsp3) is 0.350. The van der Waals surface area contributed by atoms with Gasteiger partial charge in [-0.1, -0.05) is 31.2 Å². The molecule has 0 radical (unpaired) electrons. The van der Waals surface area contributed by atoms with Crippen LogP contribution in [-0.4, -0.2) is 31.2 Å². The molecule has 0 bridgehead atoms. The highest BCUT2D eigenvalue weighted by atomic mass is 16.3. The number of rotatable bonds is 7. The molecule has 0 aliphatic carbocycles. The van der Waals surface area contributed by atoms with Crippen LogP contribution in [0.5, 0.6) is 0 Å². The molecular formula is C20H26N2O2. The van der Waals surface area contributed by atoms with Crippen LogP contribution in [0.1, 0.15) is 30.9 Å². The van der Waals surface area contributed by atoms with Gasteiger partial charge in [-0.2, -0.15) is 0 Å². The van der Waals surface area contributed by atoms with Crippen molar-refractivity contribution >= 4 is 17.3 Å². The second-order valence-electron chi connectivity index (χ2n) is 6.00. The van der Waals surface area contributed by atoms with Crippen LogP contribution in [0.4, 0.5) is 11.4 Å². The summed E-state index contributed by atoms with van der Waals surface area (Å²) in [6, 6.07) is 15.8. The number of anilines is 2. The first-order valence-electron chi connectivity index (χ1n) is 8.37. The van der Waals surface area contributed by atoms with Crippen LogP contribution in [0.25, 0.3) is 0 Å². The Labute approximate surface area is 144 Å². The lowest BCUT2D eigenvalue weighted by molar-refractivity contribution is -0.117. The Morgan fingerprint density at radius 2 is 1.75 bits per heavy atom. The number of nitrogens with zero attached hydrogens (tertiary/aromatic N) is 1. The molecule has 0 heterocycles. The third-order valence-corrected chi connectivity index (χ3v) is 4.29. The maximum atomic E-state index is 12.4. The lowest BCUT2D eigenvalue weighted by Crippen LogP contribution is -2.21. The Morgan fingerprint density at radius 3 is 2.29 bits per heavy atom.